The lowest BCUT2D eigenvalue weighted by Crippen LogP contribution is -2.39. The van der Waals surface area contributed by atoms with Crippen molar-refractivity contribution in [1.82, 2.24) is 9.97 Å². The van der Waals surface area contributed by atoms with Gasteiger partial charge in [0.15, 0.2) is 16.8 Å². The predicted octanol–water partition coefficient (Wildman–Crippen LogP) is 2.78. The molecule has 3 unspecified atom stereocenters. The van der Waals surface area contributed by atoms with Gasteiger partial charge in [-0.15, -0.1) is 0 Å². The van der Waals surface area contributed by atoms with Gasteiger partial charge in [-0.2, -0.15) is 18.2 Å². The second-order valence-electron chi connectivity index (χ2n) is 7.83. The maximum Gasteiger partial charge on any atom is 0.433 e. The number of nitrogens with zero attached hydrogens (tertiary/aromatic N) is 4. The zero-order valence-electron chi connectivity index (χ0n) is 15.0. The number of anilines is 2. The molecule has 1 aromatic heterocycles. The average Bonchev–Trinajstić information content (AvgIpc) is 3.03. The Balaban J connectivity index is 1.58. The average molecular weight is 404 g/mol. The van der Waals surface area contributed by atoms with Crippen molar-refractivity contribution in [2.24, 2.45) is 17.8 Å². The highest BCUT2D eigenvalue weighted by Gasteiger charge is 2.56. The first-order valence-electron chi connectivity index (χ1n) is 9.29. The summed E-state index contributed by atoms with van der Waals surface area (Å²) in [5, 5.41) is 0. The maximum absolute atomic E-state index is 13.4. The minimum Gasteiger partial charge on any atom is -0.356 e. The molecular formula is C17H23F3N4O2S. The predicted molar refractivity (Wildman–Crippen MR) is 96.0 cm³/mol. The Morgan fingerprint density at radius 2 is 1.96 bits per heavy atom. The molecule has 2 aliphatic heterocycles. The molecule has 1 aliphatic carbocycles. The molecule has 0 bridgehead atoms. The van der Waals surface area contributed by atoms with Crippen molar-refractivity contribution >= 4 is 22.8 Å². The number of alkyl halides is 3. The van der Waals surface area contributed by atoms with E-state index in [1.54, 1.807) is 0 Å². The number of aromatic nitrogens is 2. The molecule has 150 valence electrons. The van der Waals surface area contributed by atoms with Crippen LogP contribution in [-0.4, -0.2) is 50.2 Å². The van der Waals surface area contributed by atoms with Gasteiger partial charge in [0.2, 0.25) is 5.95 Å². The van der Waals surface area contributed by atoms with E-state index in [0.717, 1.165) is 25.3 Å². The second-order valence-corrected chi connectivity index (χ2v) is 8.81. The van der Waals surface area contributed by atoms with Gasteiger partial charge in [0.1, 0.15) is 5.82 Å². The van der Waals surface area contributed by atoms with Crippen molar-refractivity contribution < 1.29 is 21.9 Å². The maximum atomic E-state index is 13.4. The van der Waals surface area contributed by atoms with E-state index < -0.39 is 23.0 Å². The topological polar surface area (TPSA) is 69.6 Å². The van der Waals surface area contributed by atoms with E-state index >= 15 is 0 Å². The van der Waals surface area contributed by atoms with E-state index in [1.165, 1.54) is 0 Å². The van der Waals surface area contributed by atoms with Crippen LogP contribution in [-0.2, 0) is 17.3 Å². The quantitative estimate of drug-likeness (QED) is 0.779. The van der Waals surface area contributed by atoms with E-state index in [2.05, 4.69) is 9.97 Å². The summed E-state index contributed by atoms with van der Waals surface area (Å²) in [7, 11) is 0. The van der Waals surface area contributed by atoms with Crippen molar-refractivity contribution in [3.8, 4) is 0 Å². The van der Waals surface area contributed by atoms with Crippen LogP contribution in [0.25, 0.3) is 0 Å². The molecule has 3 aliphatic rings. The van der Waals surface area contributed by atoms with Crippen LogP contribution in [0.3, 0.4) is 0 Å². The molecule has 3 heterocycles. The van der Waals surface area contributed by atoms with Gasteiger partial charge < -0.3 is 14.4 Å². The lowest BCUT2D eigenvalue weighted by molar-refractivity contribution is -0.141. The summed E-state index contributed by atoms with van der Waals surface area (Å²) in [5.41, 5.74) is -0.908. The largest absolute Gasteiger partial charge is 0.433 e. The lowest BCUT2D eigenvalue weighted by atomic mass is 10.0. The highest BCUT2D eigenvalue weighted by Crippen LogP contribution is 2.52. The molecule has 5 atom stereocenters. The van der Waals surface area contributed by atoms with E-state index in [0.29, 0.717) is 25.5 Å². The van der Waals surface area contributed by atoms with Gasteiger partial charge in [-0.05, 0) is 43.9 Å². The number of piperidine rings is 2. The molecule has 0 radical (unpaired) electrons. The van der Waals surface area contributed by atoms with Crippen LogP contribution >= 0.6 is 0 Å². The Hall–Kier alpha value is -1.42. The van der Waals surface area contributed by atoms with Crippen LogP contribution < -0.4 is 9.80 Å². The van der Waals surface area contributed by atoms with Crippen molar-refractivity contribution in [3.63, 3.8) is 0 Å². The van der Waals surface area contributed by atoms with Gasteiger partial charge >= 0.3 is 6.18 Å². The Bertz CT molecular complexity index is 735. The zero-order valence-corrected chi connectivity index (χ0v) is 15.8. The molecule has 6 nitrogen and oxygen atoms in total. The standard InChI is InChI=1S/C17H23F3N4O2S/c1-10-4-2-3-5-24(10)16-21-14(17(18,19)20)6-15(22-16)23-7-11-12(8-23)13(11)9-27(25)26/h6,10-13H,2-5,7-9H2,1H3,(H,25,26)/t10?,11-,12+,13?. The highest BCUT2D eigenvalue weighted by atomic mass is 32.2. The van der Waals surface area contributed by atoms with Crippen molar-refractivity contribution in [1.29, 1.82) is 0 Å². The molecule has 1 N–H and O–H groups in total. The Morgan fingerprint density at radius 1 is 1.26 bits per heavy atom. The van der Waals surface area contributed by atoms with Gasteiger partial charge in [-0.1, -0.05) is 0 Å². The Morgan fingerprint density at radius 3 is 2.56 bits per heavy atom. The molecule has 3 fully saturated rings. The number of halogens is 3. The summed E-state index contributed by atoms with van der Waals surface area (Å²) >= 11 is -1.82. The molecular weight excluding hydrogens is 381 g/mol. The van der Waals surface area contributed by atoms with Crippen molar-refractivity contribution in [2.45, 2.75) is 38.4 Å². The third-order valence-electron chi connectivity index (χ3n) is 6.08. The second kappa shape index (κ2) is 6.88. The summed E-state index contributed by atoms with van der Waals surface area (Å²) < 4.78 is 60.2. The number of rotatable bonds is 4. The normalized spacial score (nSPS) is 31.7. The summed E-state index contributed by atoms with van der Waals surface area (Å²) in [5.74, 6) is 1.43. The Kier molecular flexibility index (Phi) is 4.82. The van der Waals surface area contributed by atoms with Gasteiger partial charge in [0, 0.05) is 31.7 Å². The number of hydrogen-bond acceptors (Lipinski definition) is 5. The molecule has 0 amide bonds. The molecule has 0 spiro atoms. The van der Waals surface area contributed by atoms with E-state index in [-0.39, 0.29) is 35.5 Å². The fourth-order valence-electron chi connectivity index (χ4n) is 4.50. The first kappa shape index (κ1) is 18.9. The van der Waals surface area contributed by atoms with Gasteiger partial charge in [-0.25, -0.2) is 9.19 Å². The van der Waals surface area contributed by atoms with Crippen LogP contribution in [0.5, 0.6) is 0 Å². The van der Waals surface area contributed by atoms with Crippen LogP contribution in [0.2, 0.25) is 0 Å². The van der Waals surface area contributed by atoms with E-state index in [9.17, 15) is 17.4 Å². The van der Waals surface area contributed by atoms with Crippen LogP contribution in [0.1, 0.15) is 31.9 Å². The van der Waals surface area contributed by atoms with Crippen molar-refractivity contribution in [2.75, 3.05) is 35.2 Å². The molecule has 0 aromatic carbocycles. The SMILES string of the molecule is CC1CCCCN1c1nc(N2C[C@@H]3C(CS(=O)O)[C@@H]3C2)cc(C(F)(F)F)n1. The van der Waals surface area contributed by atoms with Gasteiger partial charge in [0.25, 0.3) is 0 Å². The Labute approximate surface area is 158 Å². The summed E-state index contributed by atoms with van der Waals surface area (Å²) in [6.07, 6.45) is -1.62. The van der Waals surface area contributed by atoms with Gasteiger partial charge in [-0.3, -0.25) is 0 Å². The van der Waals surface area contributed by atoms with Crippen molar-refractivity contribution in [3.05, 3.63) is 11.8 Å². The van der Waals surface area contributed by atoms with E-state index in [4.69, 9.17) is 4.55 Å². The summed E-state index contributed by atoms with van der Waals surface area (Å²) in [6.45, 7) is 3.82. The third kappa shape index (κ3) is 3.78. The molecule has 2 saturated heterocycles. The molecule has 27 heavy (non-hydrogen) atoms. The van der Waals surface area contributed by atoms with Crippen LogP contribution in [0, 0.1) is 17.8 Å². The third-order valence-corrected chi connectivity index (χ3v) is 6.75. The molecule has 4 rings (SSSR count). The van der Waals surface area contributed by atoms with Gasteiger partial charge in [0.05, 0.1) is 5.75 Å². The monoisotopic (exact) mass is 404 g/mol. The number of fused-ring (bicyclic) bond motifs is 1. The summed E-state index contributed by atoms with van der Waals surface area (Å²) in [6, 6.07) is 1.15. The molecule has 1 saturated carbocycles. The summed E-state index contributed by atoms with van der Waals surface area (Å²) in [4.78, 5) is 12.0. The fourth-order valence-corrected chi connectivity index (χ4v) is 5.32. The number of hydrogen-bond donors (Lipinski definition) is 1. The highest BCUT2D eigenvalue weighted by molar-refractivity contribution is 7.79. The first-order valence-corrected chi connectivity index (χ1v) is 10.6. The fraction of sp³-hybridized carbons (Fsp3) is 0.765. The molecule has 1 aromatic rings. The zero-order chi connectivity index (χ0) is 19.3. The lowest BCUT2D eigenvalue weighted by Gasteiger charge is -2.34. The smallest absolute Gasteiger partial charge is 0.356 e. The van der Waals surface area contributed by atoms with Crippen LogP contribution in [0.15, 0.2) is 6.07 Å². The molecule has 10 heteroatoms. The minimum absolute atomic E-state index is 0.117. The van der Waals surface area contributed by atoms with Crippen LogP contribution in [0.4, 0.5) is 24.9 Å². The minimum atomic E-state index is -4.52. The van der Waals surface area contributed by atoms with E-state index in [1.807, 2.05) is 16.7 Å². The first-order chi connectivity index (χ1) is 12.7.